The summed E-state index contributed by atoms with van der Waals surface area (Å²) in [5, 5.41) is 17.6. The van der Waals surface area contributed by atoms with E-state index in [1.165, 1.54) is 13.2 Å². The zero-order valence-corrected chi connectivity index (χ0v) is 7.02. The second-order valence-electron chi connectivity index (χ2n) is 1.70. The maximum absolute atomic E-state index is 9.86. The van der Waals surface area contributed by atoms with Crippen molar-refractivity contribution in [1.82, 2.24) is 10.2 Å². The number of hydrogen-bond acceptors (Lipinski definition) is 4. The molecule has 6 N–H and O–H groups in total. The predicted molar refractivity (Wildman–Crippen MR) is 42.8 cm³/mol. The smallest absolute Gasteiger partial charge is 0.327 e. The first kappa shape index (κ1) is 13.6. The van der Waals surface area contributed by atoms with E-state index in [4.69, 9.17) is 10.4 Å². The Hall–Kier alpha value is -2.01. The summed E-state index contributed by atoms with van der Waals surface area (Å²) in [6.45, 7) is -0.394. The molecule has 8 heteroatoms. The Morgan fingerprint density at radius 1 is 1.62 bits per heavy atom. The number of nitrogens with two attached hydrogens (primary N) is 2. The fraction of sp³-hybridized carbons (Fsp3) is 0.400. The largest absolute Gasteiger partial charge is 0.376 e. The standard InChI is InChI=1S/C3H5N3O.C2H6N2O2/c1-6(2-4)3(5)7;3-2(6)4-1-5/h1H3,(H2,5,7);5H,1H2,(H3,3,4,6). The first-order valence-electron chi connectivity index (χ1n) is 3.02. The van der Waals surface area contributed by atoms with Crippen molar-refractivity contribution < 1.29 is 14.7 Å². The molecule has 0 heterocycles. The first-order valence-corrected chi connectivity index (χ1v) is 3.02. The second-order valence-corrected chi connectivity index (χ2v) is 1.70. The van der Waals surface area contributed by atoms with E-state index in [1.807, 2.05) is 5.32 Å². The Bertz CT molecular complexity index is 211. The minimum atomic E-state index is -0.734. The molecule has 0 spiro atoms. The fourth-order valence-electron chi connectivity index (χ4n) is 0.127. The highest BCUT2D eigenvalue weighted by molar-refractivity contribution is 5.73. The monoisotopic (exact) mass is 189 g/mol. The topological polar surface area (TPSA) is 145 Å². The molecule has 0 fully saturated rings. The molecule has 0 atom stereocenters. The molecular weight excluding hydrogens is 178 g/mol. The molecule has 4 amide bonds. The number of nitrogens with zero attached hydrogens (tertiary/aromatic N) is 2. The maximum atomic E-state index is 9.86. The third kappa shape index (κ3) is 13.1. The molecule has 13 heavy (non-hydrogen) atoms. The summed E-state index contributed by atoms with van der Waals surface area (Å²) in [7, 11) is 1.29. The van der Waals surface area contributed by atoms with Gasteiger partial charge >= 0.3 is 12.1 Å². The van der Waals surface area contributed by atoms with Gasteiger partial charge in [-0.1, -0.05) is 0 Å². The maximum Gasteiger partial charge on any atom is 0.327 e. The number of rotatable bonds is 1. The van der Waals surface area contributed by atoms with Crippen LogP contribution in [0.15, 0.2) is 0 Å². The lowest BCUT2D eigenvalue weighted by molar-refractivity contribution is 0.225. The molecule has 0 unspecified atom stereocenters. The van der Waals surface area contributed by atoms with Gasteiger partial charge in [-0.25, -0.2) is 14.5 Å². The molecule has 0 saturated heterocycles. The van der Waals surface area contributed by atoms with E-state index < -0.39 is 18.8 Å². The van der Waals surface area contributed by atoms with Crippen molar-refractivity contribution in [3.8, 4) is 6.19 Å². The third-order valence-corrected chi connectivity index (χ3v) is 0.734. The van der Waals surface area contributed by atoms with Crippen LogP contribution in [-0.4, -0.2) is 35.8 Å². The Balaban J connectivity index is 0. The van der Waals surface area contributed by atoms with E-state index in [0.29, 0.717) is 0 Å². The highest BCUT2D eigenvalue weighted by Crippen LogP contribution is 1.71. The number of nitriles is 1. The van der Waals surface area contributed by atoms with E-state index in [-0.39, 0.29) is 0 Å². The van der Waals surface area contributed by atoms with Gasteiger partial charge < -0.3 is 21.9 Å². The molecule has 0 aliphatic heterocycles. The molecule has 8 nitrogen and oxygen atoms in total. The van der Waals surface area contributed by atoms with Gasteiger partial charge in [0.1, 0.15) is 6.73 Å². The van der Waals surface area contributed by atoms with Crippen molar-refractivity contribution in [2.45, 2.75) is 0 Å². The predicted octanol–water partition coefficient (Wildman–Crippen LogP) is -1.92. The van der Waals surface area contributed by atoms with Gasteiger partial charge in [0.25, 0.3) is 0 Å². The van der Waals surface area contributed by atoms with Gasteiger partial charge in [-0.05, 0) is 0 Å². The lowest BCUT2D eigenvalue weighted by Crippen LogP contribution is -2.29. The Kier molecular flexibility index (Phi) is 8.45. The SMILES string of the molecule is CN(C#N)C(N)=O.NC(=O)NCO. The van der Waals surface area contributed by atoms with E-state index in [1.54, 1.807) is 0 Å². The molecule has 0 rings (SSSR count). The molecule has 0 aliphatic carbocycles. The van der Waals surface area contributed by atoms with Crippen LogP contribution >= 0.6 is 0 Å². The molecular formula is C5H11N5O3. The third-order valence-electron chi connectivity index (χ3n) is 0.734. The number of hydrogen-bond donors (Lipinski definition) is 4. The zero-order chi connectivity index (χ0) is 10.9. The van der Waals surface area contributed by atoms with Crippen molar-refractivity contribution in [2.24, 2.45) is 11.5 Å². The quantitative estimate of drug-likeness (QED) is 0.216. The van der Waals surface area contributed by atoms with Crippen LogP contribution in [0, 0.1) is 11.5 Å². The Morgan fingerprint density at radius 3 is 2.08 bits per heavy atom. The summed E-state index contributed by atoms with van der Waals surface area (Å²) in [6.07, 6.45) is 1.52. The van der Waals surface area contributed by atoms with Crippen molar-refractivity contribution in [2.75, 3.05) is 13.8 Å². The summed E-state index contributed by atoms with van der Waals surface area (Å²) in [5.41, 5.74) is 9.10. The van der Waals surface area contributed by atoms with Gasteiger partial charge in [0.15, 0.2) is 6.19 Å². The normalized spacial score (nSPS) is 7.15. The van der Waals surface area contributed by atoms with Crippen LogP contribution in [0.5, 0.6) is 0 Å². The van der Waals surface area contributed by atoms with E-state index >= 15 is 0 Å². The van der Waals surface area contributed by atoms with Gasteiger partial charge in [0, 0.05) is 7.05 Å². The summed E-state index contributed by atoms with van der Waals surface area (Å²) in [4.78, 5) is 20.1. The zero-order valence-electron chi connectivity index (χ0n) is 7.02. The first-order chi connectivity index (χ1) is 5.95. The average molecular weight is 189 g/mol. The van der Waals surface area contributed by atoms with Crippen LogP contribution in [0.25, 0.3) is 0 Å². The van der Waals surface area contributed by atoms with Crippen molar-refractivity contribution in [3.05, 3.63) is 0 Å². The van der Waals surface area contributed by atoms with Crippen LogP contribution in [0.2, 0.25) is 0 Å². The van der Waals surface area contributed by atoms with Crippen molar-refractivity contribution in [3.63, 3.8) is 0 Å². The highest BCUT2D eigenvalue weighted by Gasteiger charge is 1.95. The van der Waals surface area contributed by atoms with Gasteiger partial charge in [0.2, 0.25) is 0 Å². The van der Waals surface area contributed by atoms with Gasteiger partial charge in [-0.3, -0.25) is 0 Å². The molecule has 0 bridgehead atoms. The number of nitrogens with one attached hydrogen (secondary N) is 1. The number of aliphatic hydroxyl groups is 1. The molecule has 0 aliphatic rings. The number of amides is 4. The van der Waals surface area contributed by atoms with Crippen molar-refractivity contribution in [1.29, 1.82) is 5.26 Å². The lowest BCUT2D eigenvalue weighted by Gasteiger charge is -1.97. The fourth-order valence-corrected chi connectivity index (χ4v) is 0.127. The minimum Gasteiger partial charge on any atom is -0.376 e. The summed E-state index contributed by atoms with van der Waals surface area (Å²) in [6, 6.07) is -1.44. The van der Waals surface area contributed by atoms with Crippen LogP contribution in [0.4, 0.5) is 9.59 Å². The van der Waals surface area contributed by atoms with Gasteiger partial charge in [0.05, 0.1) is 0 Å². The Morgan fingerprint density at radius 2 is 2.08 bits per heavy atom. The number of primary amides is 2. The van der Waals surface area contributed by atoms with E-state index in [0.717, 1.165) is 4.90 Å². The molecule has 0 saturated carbocycles. The highest BCUT2D eigenvalue weighted by atomic mass is 16.3. The van der Waals surface area contributed by atoms with Gasteiger partial charge in [-0.2, -0.15) is 5.26 Å². The molecule has 74 valence electrons. The number of carbonyl (C=O) groups excluding carboxylic acids is 2. The number of aliphatic hydroxyl groups excluding tert-OH is 1. The van der Waals surface area contributed by atoms with E-state index in [2.05, 4.69) is 11.5 Å². The number of urea groups is 2. The minimum absolute atomic E-state index is 0.394. The molecule has 0 radical (unpaired) electrons. The van der Waals surface area contributed by atoms with Crippen LogP contribution in [-0.2, 0) is 0 Å². The van der Waals surface area contributed by atoms with Crippen LogP contribution < -0.4 is 16.8 Å². The summed E-state index contributed by atoms with van der Waals surface area (Å²) >= 11 is 0. The molecule has 0 aromatic heterocycles. The summed E-state index contributed by atoms with van der Waals surface area (Å²) < 4.78 is 0. The molecule has 0 aromatic carbocycles. The Labute approximate surface area is 74.7 Å². The van der Waals surface area contributed by atoms with Crippen LogP contribution in [0.1, 0.15) is 0 Å². The van der Waals surface area contributed by atoms with Gasteiger partial charge in [-0.15, -0.1) is 0 Å². The average Bonchev–Trinajstić information content (AvgIpc) is 2.03. The number of carbonyl (C=O) groups is 2. The summed E-state index contributed by atoms with van der Waals surface area (Å²) in [5.74, 6) is 0. The van der Waals surface area contributed by atoms with E-state index in [9.17, 15) is 9.59 Å². The van der Waals surface area contributed by atoms with Crippen molar-refractivity contribution >= 4 is 12.1 Å². The van der Waals surface area contributed by atoms with Crippen LogP contribution in [0.3, 0.4) is 0 Å². The molecule has 0 aromatic rings. The second kappa shape index (κ2) is 8.09. The lowest BCUT2D eigenvalue weighted by atomic mass is 10.9.